The molecule has 0 spiro atoms. The van der Waals surface area contributed by atoms with Crippen molar-refractivity contribution >= 4 is 33.0 Å². The van der Waals surface area contributed by atoms with E-state index >= 15 is 0 Å². The highest BCUT2D eigenvalue weighted by Gasteiger charge is 2.22. The number of benzene rings is 1. The Kier molecular flexibility index (Phi) is 4.82. The minimum absolute atomic E-state index is 0.155. The van der Waals surface area contributed by atoms with E-state index in [1.54, 1.807) is 18.2 Å². The zero-order valence-corrected chi connectivity index (χ0v) is 13.2. The molecule has 0 aliphatic heterocycles. The molecule has 0 saturated carbocycles. The van der Waals surface area contributed by atoms with Crippen LogP contribution in [0.3, 0.4) is 0 Å². The fourth-order valence-electron chi connectivity index (χ4n) is 1.74. The van der Waals surface area contributed by atoms with E-state index in [-0.39, 0.29) is 18.0 Å². The van der Waals surface area contributed by atoms with Gasteiger partial charge in [-0.3, -0.25) is 0 Å². The minimum atomic E-state index is -3.55. The van der Waals surface area contributed by atoms with Crippen molar-refractivity contribution in [2.75, 3.05) is 7.05 Å². The van der Waals surface area contributed by atoms with Crippen LogP contribution in [0.4, 0.5) is 0 Å². The van der Waals surface area contributed by atoms with Crippen LogP contribution in [0.5, 0.6) is 0 Å². The number of thiophene rings is 1. The largest absolute Gasteiger partial charge is 0.391 e. The zero-order chi connectivity index (χ0) is 14.8. The monoisotopic (exact) mass is 331 g/mol. The van der Waals surface area contributed by atoms with Crippen LogP contribution in [-0.2, 0) is 23.2 Å². The molecule has 0 fully saturated rings. The van der Waals surface area contributed by atoms with E-state index in [0.717, 1.165) is 5.56 Å². The van der Waals surface area contributed by atoms with Gasteiger partial charge in [0.2, 0.25) is 10.0 Å². The average molecular weight is 332 g/mol. The third kappa shape index (κ3) is 3.39. The highest BCUT2D eigenvalue weighted by molar-refractivity contribution is 7.89. The van der Waals surface area contributed by atoms with Gasteiger partial charge in [-0.1, -0.05) is 23.7 Å². The molecule has 1 aromatic heterocycles. The molecule has 108 valence electrons. The fraction of sp³-hybridized carbons (Fsp3) is 0.231. The number of aliphatic hydroxyl groups excluding tert-OH is 1. The van der Waals surface area contributed by atoms with E-state index in [0.29, 0.717) is 9.90 Å². The summed E-state index contributed by atoms with van der Waals surface area (Å²) in [6, 6.07) is 8.58. The van der Waals surface area contributed by atoms with E-state index in [1.165, 1.54) is 34.1 Å². The topological polar surface area (TPSA) is 57.6 Å². The van der Waals surface area contributed by atoms with Gasteiger partial charge in [0.05, 0.1) is 11.5 Å². The summed E-state index contributed by atoms with van der Waals surface area (Å²) in [4.78, 5) is 0.829. The Labute approximate surface area is 127 Å². The third-order valence-electron chi connectivity index (χ3n) is 2.79. The molecule has 20 heavy (non-hydrogen) atoms. The summed E-state index contributed by atoms with van der Waals surface area (Å²) < 4.78 is 26.0. The van der Waals surface area contributed by atoms with Crippen molar-refractivity contribution < 1.29 is 13.5 Å². The molecule has 0 bridgehead atoms. The number of sulfonamides is 1. The van der Waals surface area contributed by atoms with E-state index in [9.17, 15) is 8.42 Å². The summed E-state index contributed by atoms with van der Waals surface area (Å²) in [5.74, 6) is 0. The van der Waals surface area contributed by atoms with Gasteiger partial charge in [-0.25, -0.2) is 8.42 Å². The van der Waals surface area contributed by atoms with Gasteiger partial charge in [-0.15, -0.1) is 11.3 Å². The Hall–Kier alpha value is -0.920. The van der Waals surface area contributed by atoms with Gasteiger partial charge in [0.1, 0.15) is 0 Å². The van der Waals surface area contributed by atoms with E-state index in [1.807, 2.05) is 6.07 Å². The van der Waals surface area contributed by atoms with E-state index < -0.39 is 10.0 Å². The van der Waals surface area contributed by atoms with Gasteiger partial charge >= 0.3 is 0 Å². The second kappa shape index (κ2) is 6.24. The fourth-order valence-corrected chi connectivity index (χ4v) is 4.23. The van der Waals surface area contributed by atoms with Crippen molar-refractivity contribution in [1.29, 1.82) is 0 Å². The van der Waals surface area contributed by atoms with Crippen LogP contribution in [-0.4, -0.2) is 24.9 Å². The van der Waals surface area contributed by atoms with Crippen molar-refractivity contribution in [3.05, 3.63) is 51.2 Å². The lowest BCUT2D eigenvalue weighted by molar-refractivity contribution is 0.285. The summed E-state index contributed by atoms with van der Waals surface area (Å²) in [6.07, 6.45) is 0. The van der Waals surface area contributed by atoms with Crippen LogP contribution in [0.25, 0.3) is 0 Å². The van der Waals surface area contributed by atoms with Crippen molar-refractivity contribution in [2.45, 2.75) is 18.0 Å². The normalized spacial score (nSPS) is 12.0. The second-order valence-corrected chi connectivity index (χ2v) is 7.77. The van der Waals surface area contributed by atoms with Crippen LogP contribution >= 0.6 is 22.9 Å². The Morgan fingerprint density at radius 3 is 2.70 bits per heavy atom. The number of nitrogens with zero attached hydrogens (tertiary/aromatic N) is 1. The molecule has 7 heteroatoms. The molecule has 2 aromatic rings. The van der Waals surface area contributed by atoms with Gasteiger partial charge in [-0.2, -0.15) is 4.31 Å². The van der Waals surface area contributed by atoms with Crippen LogP contribution < -0.4 is 0 Å². The van der Waals surface area contributed by atoms with Crippen LogP contribution in [0.15, 0.2) is 40.6 Å². The maximum atomic E-state index is 12.4. The molecule has 2 rings (SSSR count). The van der Waals surface area contributed by atoms with Crippen LogP contribution in [0, 0.1) is 0 Å². The summed E-state index contributed by atoms with van der Waals surface area (Å²) >= 11 is 7.11. The lowest BCUT2D eigenvalue weighted by Crippen LogP contribution is -2.26. The summed E-state index contributed by atoms with van der Waals surface area (Å²) in [7, 11) is -2.03. The lowest BCUT2D eigenvalue weighted by Gasteiger charge is -2.16. The molecule has 0 saturated heterocycles. The van der Waals surface area contributed by atoms with Crippen molar-refractivity contribution in [1.82, 2.24) is 4.31 Å². The summed E-state index contributed by atoms with van der Waals surface area (Å²) in [6.45, 7) is 0.0887. The molecule has 1 N–H and O–H groups in total. The molecule has 0 unspecified atom stereocenters. The van der Waals surface area contributed by atoms with Gasteiger partial charge in [0.25, 0.3) is 0 Å². The highest BCUT2D eigenvalue weighted by atomic mass is 35.5. The third-order valence-corrected chi connectivity index (χ3v) is 5.87. The molecule has 0 amide bonds. The van der Waals surface area contributed by atoms with Gasteiger partial charge in [0.15, 0.2) is 0 Å². The molecule has 0 radical (unpaired) electrons. The van der Waals surface area contributed by atoms with Gasteiger partial charge in [-0.05, 0) is 23.8 Å². The first-order chi connectivity index (χ1) is 9.43. The standard InChI is InChI=1S/C13H14ClNO3S2/c1-15(7-10-3-2-4-11(14)5-10)20(17,18)13-6-12(8-16)19-9-13/h2-6,9,16H,7-8H2,1H3. The van der Waals surface area contributed by atoms with Crippen molar-refractivity contribution in [3.63, 3.8) is 0 Å². The molecule has 4 nitrogen and oxygen atoms in total. The first kappa shape index (κ1) is 15.5. The lowest BCUT2D eigenvalue weighted by atomic mass is 10.2. The summed E-state index contributed by atoms with van der Waals surface area (Å²) in [5, 5.41) is 11.1. The molecule has 0 aliphatic rings. The molecule has 0 aliphatic carbocycles. The maximum absolute atomic E-state index is 12.4. The van der Waals surface area contributed by atoms with Crippen LogP contribution in [0.2, 0.25) is 5.02 Å². The molecule has 0 atom stereocenters. The second-order valence-electron chi connectivity index (χ2n) is 4.30. The summed E-state index contributed by atoms with van der Waals surface area (Å²) in [5.41, 5.74) is 0.821. The number of aliphatic hydroxyl groups is 1. The van der Waals surface area contributed by atoms with Gasteiger partial charge in [0, 0.05) is 28.9 Å². The SMILES string of the molecule is CN(Cc1cccc(Cl)c1)S(=O)(=O)c1csc(CO)c1. The smallest absolute Gasteiger partial charge is 0.243 e. The predicted octanol–water partition coefficient (Wildman–Crippen LogP) is 2.71. The van der Waals surface area contributed by atoms with E-state index in [2.05, 4.69) is 0 Å². The average Bonchev–Trinajstić information content (AvgIpc) is 2.88. The Morgan fingerprint density at radius 2 is 2.10 bits per heavy atom. The Morgan fingerprint density at radius 1 is 1.35 bits per heavy atom. The highest BCUT2D eigenvalue weighted by Crippen LogP contribution is 2.23. The molecular weight excluding hydrogens is 318 g/mol. The van der Waals surface area contributed by atoms with Crippen molar-refractivity contribution in [3.8, 4) is 0 Å². The first-order valence-electron chi connectivity index (χ1n) is 5.82. The quantitative estimate of drug-likeness (QED) is 0.916. The number of rotatable bonds is 5. The molecular formula is C13H14ClNO3S2. The molecule has 1 heterocycles. The predicted molar refractivity (Wildman–Crippen MR) is 80.3 cm³/mol. The Balaban J connectivity index is 2.21. The molecule has 1 aromatic carbocycles. The Bertz CT molecular complexity index is 697. The number of halogens is 1. The minimum Gasteiger partial charge on any atom is -0.391 e. The zero-order valence-electron chi connectivity index (χ0n) is 10.8. The van der Waals surface area contributed by atoms with E-state index in [4.69, 9.17) is 16.7 Å². The van der Waals surface area contributed by atoms with Gasteiger partial charge < -0.3 is 5.11 Å². The maximum Gasteiger partial charge on any atom is 0.243 e. The van der Waals surface area contributed by atoms with Crippen molar-refractivity contribution in [2.24, 2.45) is 0 Å². The number of hydrogen-bond donors (Lipinski definition) is 1. The first-order valence-corrected chi connectivity index (χ1v) is 8.52. The van der Waals surface area contributed by atoms with Crippen LogP contribution in [0.1, 0.15) is 10.4 Å². The number of hydrogen-bond acceptors (Lipinski definition) is 4.